The Hall–Kier alpha value is -4.12. The summed E-state index contributed by atoms with van der Waals surface area (Å²) in [6.45, 7) is 15.3. The fourth-order valence-corrected chi connectivity index (χ4v) is 5.21. The molecule has 1 N–H and O–H groups in total. The monoisotopic (exact) mass is 641 g/mol. The Morgan fingerprint density at radius 3 is 2.26 bits per heavy atom. The molecular weight excluding hydrogens is 586 g/mol. The summed E-state index contributed by atoms with van der Waals surface area (Å²) in [4.78, 5) is 28.5. The van der Waals surface area contributed by atoms with E-state index < -0.39 is 0 Å². The fourth-order valence-electron chi connectivity index (χ4n) is 5.21. The number of nitrogens with one attached hydrogen (secondary N) is 1. The van der Waals surface area contributed by atoms with Crippen LogP contribution >= 0.6 is 0 Å². The predicted molar refractivity (Wildman–Crippen MR) is 197 cm³/mol. The summed E-state index contributed by atoms with van der Waals surface area (Å²) < 4.78 is 3.99. The molecule has 4 aromatic heterocycles. The van der Waals surface area contributed by atoms with E-state index in [2.05, 4.69) is 81.0 Å². The number of aldehydes is 1. The molecule has 10 heteroatoms. The Morgan fingerprint density at radius 1 is 0.936 bits per heavy atom. The van der Waals surface area contributed by atoms with Crippen LogP contribution in [0.4, 0.5) is 5.82 Å². The van der Waals surface area contributed by atoms with E-state index in [1.54, 1.807) is 10.7 Å². The minimum atomic E-state index is 0.471. The first-order valence-corrected chi connectivity index (χ1v) is 17.0. The number of carbonyl (C=O) groups is 1. The Morgan fingerprint density at radius 2 is 1.62 bits per heavy atom. The van der Waals surface area contributed by atoms with Gasteiger partial charge in [-0.1, -0.05) is 70.9 Å². The summed E-state index contributed by atoms with van der Waals surface area (Å²) in [5.74, 6) is 0.865. The van der Waals surface area contributed by atoms with Crippen LogP contribution in [0.2, 0.25) is 0 Å². The molecule has 5 aromatic rings. The lowest BCUT2D eigenvalue weighted by atomic mass is 10.1. The molecule has 1 aromatic carbocycles. The first kappa shape index (κ1) is 37.3. The van der Waals surface area contributed by atoms with Gasteiger partial charge in [0.15, 0.2) is 11.9 Å². The number of fused-ring (bicyclic) bond motifs is 2. The summed E-state index contributed by atoms with van der Waals surface area (Å²) in [6, 6.07) is 16.4. The molecule has 0 atom stereocenters. The van der Waals surface area contributed by atoms with Gasteiger partial charge in [0.05, 0.1) is 17.5 Å². The van der Waals surface area contributed by atoms with Crippen LogP contribution in [0.25, 0.3) is 27.9 Å². The quantitative estimate of drug-likeness (QED) is 0.193. The van der Waals surface area contributed by atoms with Crippen LogP contribution in [0.5, 0.6) is 0 Å². The van der Waals surface area contributed by atoms with Crippen molar-refractivity contribution in [2.45, 2.75) is 53.6 Å². The number of anilines is 1. The Balaban J connectivity index is 0.000000602. The van der Waals surface area contributed by atoms with Crippen LogP contribution in [-0.2, 0) is 13.1 Å². The van der Waals surface area contributed by atoms with E-state index >= 15 is 0 Å². The number of hydrogen-bond donors (Lipinski definition) is 1. The molecule has 1 fully saturated rings. The second-order valence-corrected chi connectivity index (χ2v) is 11.6. The zero-order valence-electron chi connectivity index (χ0n) is 29.8. The fraction of sp³-hybridized carbons (Fsp3) is 0.459. The molecule has 0 unspecified atom stereocenters. The van der Waals surface area contributed by atoms with E-state index in [-0.39, 0.29) is 0 Å². The number of rotatable bonds is 9. The van der Waals surface area contributed by atoms with Gasteiger partial charge in [-0.05, 0) is 38.8 Å². The highest BCUT2D eigenvalue weighted by atomic mass is 16.1. The topological polar surface area (TPSA) is 86.8 Å². The summed E-state index contributed by atoms with van der Waals surface area (Å²) in [6.07, 6.45) is 9.04. The van der Waals surface area contributed by atoms with Crippen LogP contribution in [0.1, 0.15) is 56.5 Å². The Bertz CT molecular complexity index is 1620. The number of pyridine rings is 1. The van der Waals surface area contributed by atoms with Crippen molar-refractivity contribution in [1.29, 1.82) is 0 Å². The summed E-state index contributed by atoms with van der Waals surface area (Å²) >= 11 is 0. The first-order chi connectivity index (χ1) is 22.9. The lowest BCUT2D eigenvalue weighted by Gasteiger charge is -2.32. The smallest absolute Gasteiger partial charge is 0.168 e. The molecule has 5 heterocycles. The molecular formula is C37H55N9O. The molecule has 0 aliphatic carbocycles. The van der Waals surface area contributed by atoms with Crippen molar-refractivity contribution in [3.8, 4) is 11.3 Å². The van der Waals surface area contributed by atoms with Crippen LogP contribution in [-0.4, -0.2) is 101 Å². The number of benzene rings is 1. The molecule has 10 nitrogen and oxygen atoms in total. The van der Waals surface area contributed by atoms with Gasteiger partial charge < -0.3 is 19.7 Å². The highest BCUT2D eigenvalue weighted by molar-refractivity contribution is 5.94. The van der Waals surface area contributed by atoms with Crippen LogP contribution in [0.3, 0.4) is 0 Å². The average Bonchev–Trinajstić information content (AvgIpc) is 3.71. The highest BCUT2D eigenvalue weighted by Gasteiger charge is 2.20. The minimum absolute atomic E-state index is 0.471. The second kappa shape index (κ2) is 19.5. The molecule has 1 aliphatic heterocycles. The largest absolute Gasteiger partial charge is 0.355 e. The number of aromatic nitrogens is 5. The lowest BCUT2D eigenvalue weighted by Crippen LogP contribution is -2.45. The van der Waals surface area contributed by atoms with Crippen molar-refractivity contribution in [2.24, 2.45) is 0 Å². The molecule has 1 aliphatic rings. The van der Waals surface area contributed by atoms with Gasteiger partial charge in [-0.15, -0.1) is 0 Å². The molecule has 254 valence electrons. The van der Waals surface area contributed by atoms with Gasteiger partial charge >= 0.3 is 0 Å². The van der Waals surface area contributed by atoms with Crippen LogP contribution in [0.15, 0.2) is 67.1 Å². The van der Waals surface area contributed by atoms with E-state index in [9.17, 15) is 4.79 Å². The van der Waals surface area contributed by atoms with Crippen molar-refractivity contribution in [3.63, 3.8) is 0 Å². The van der Waals surface area contributed by atoms with Gasteiger partial charge in [0.2, 0.25) is 0 Å². The van der Waals surface area contributed by atoms with Gasteiger partial charge in [-0.3, -0.25) is 9.69 Å². The van der Waals surface area contributed by atoms with Gasteiger partial charge in [0.1, 0.15) is 11.5 Å². The van der Waals surface area contributed by atoms with Gasteiger partial charge in [-0.25, -0.2) is 9.97 Å². The number of hydrogen-bond acceptors (Lipinski definition) is 8. The lowest BCUT2D eigenvalue weighted by molar-refractivity contribution is 0.112. The Labute approximate surface area is 281 Å². The average molecular weight is 642 g/mol. The summed E-state index contributed by atoms with van der Waals surface area (Å²) in [5, 5.41) is 8.29. The maximum absolute atomic E-state index is 11.8. The number of carbonyl (C=O) groups excluding carboxylic acids is 1. The molecule has 0 amide bonds. The number of likely N-dealkylation sites (N-methyl/N-ethyl adjacent to an activating group) is 1. The van der Waals surface area contributed by atoms with E-state index in [1.165, 1.54) is 18.4 Å². The number of unbranched alkanes of at least 4 members (excludes halogenated alkanes) is 1. The van der Waals surface area contributed by atoms with Gasteiger partial charge in [0.25, 0.3) is 0 Å². The van der Waals surface area contributed by atoms with Crippen molar-refractivity contribution in [3.05, 3.63) is 78.2 Å². The molecule has 1 saturated heterocycles. The van der Waals surface area contributed by atoms with E-state index in [4.69, 9.17) is 9.97 Å². The van der Waals surface area contributed by atoms with Crippen molar-refractivity contribution in [1.82, 2.24) is 39.3 Å². The molecule has 47 heavy (non-hydrogen) atoms. The van der Waals surface area contributed by atoms with Gasteiger partial charge in [0, 0.05) is 82.3 Å². The molecule has 0 radical (unpaired) electrons. The molecule has 6 rings (SSSR count). The van der Waals surface area contributed by atoms with Crippen LogP contribution in [0, 0.1) is 0 Å². The van der Waals surface area contributed by atoms with Crippen molar-refractivity contribution < 1.29 is 4.79 Å². The minimum Gasteiger partial charge on any atom is -0.355 e. The van der Waals surface area contributed by atoms with E-state index in [0.29, 0.717) is 17.8 Å². The molecule has 0 saturated carbocycles. The van der Waals surface area contributed by atoms with E-state index in [1.807, 2.05) is 65.5 Å². The maximum atomic E-state index is 11.8. The van der Waals surface area contributed by atoms with Gasteiger partial charge in [-0.2, -0.15) is 9.61 Å². The number of piperazine rings is 1. The zero-order valence-corrected chi connectivity index (χ0v) is 29.8. The zero-order chi connectivity index (χ0) is 34.2. The standard InChI is InChI=1S/C29H32N8O.C4H10.C2H7N.C2H6/c1-33-11-13-35(14-12-33)15-16-36-20-25(24-9-6-10-30-29(24)36)26-17-27(34(2)19-22-7-4-3-5-8-22)37-28(32-26)23(21-38)18-31-37;1-3-4-2;1-3-2;1-2/h3-10,17-18,20-21H,11-16,19H2,1-2H3;3-4H2,1-2H3;3H,1-2H3;1-2H3. The highest BCUT2D eigenvalue weighted by Crippen LogP contribution is 2.32. The van der Waals surface area contributed by atoms with Crippen molar-refractivity contribution >= 4 is 28.8 Å². The third-order valence-corrected chi connectivity index (χ3v) is 7.92. The molecule has 0 bridgehead atoms. The van der Waals surface area contributed by atoms with Crippen molar-refractivity contribution in [2.75, 3.05) is 65.8 Å². The normalized spacial score (nSPS) is 13.2. The first-order valence-electron chi connectivity index (χ1n) is 17.0. The molecule has 0 spiro atoms. The third-order valence-electron chi connectivity index (χ3n) is 7.92. The Kier molecular flexibility index (Phi) is 15.5. The third kappa shape index (κ3) is 9.93. The van der Waals surface area contributed by atoms with E-state index in [0.717, 1.165) is 73.7 Å². The predicted octanol–water partition coefficient (Wildman–Crippen LogP) is 6.11. The maximum Gasteiger partial charge on any atom is 0.168 e. The second-order valence-electron chi connectivity index (χ2n) is 11.6. The SMILES string of the molecule is CC.CCCC.CN1CCN(CCn2cc(-c3cc(N(C)Cc4ccccc4)n4ncc(C=O)c4n3)c3cccnc32)CC1.CNC. The number of nitrogens with zero attached hydrogens (tertiary/aromatic N) is 8. The summed E-state index contributed by atoms with van der Waals surface area (Å²) in [5.41, 5.74) is 4.96. The summed E-state index contributed by atoms with van der Waals surface area (Å²) in [7, 11) is 7.97. The van der Waals surface area contributed by atoms with Crippen LogP contribution < -0.4 is 10.2 Å².